The van der Waals surface area contributed by atoms with E-state index in [-0.39, 0.29) is 11.1 Å². The minimum atomic E-state index is -4.89. The quantitative estimate of drug-likeness (QED) is 0.811. The lowest BCUT2D eigenvalue weighted by Gasteiger charge is -2.31. The third-order valence-corrected chi connectivity index (χ3v) is 3.44. The summed E-state index contributed by atoms with van der Waals surface area (Å²) in [6.45, 7) is 0. The second kappa shape index (κ2) is 5.84. The molecule has 1 aliphatic carbocycles. The number of carbonyl (C=O) groups is 2. The highest BCUT2D eigenvalue weighted by atomic mass is 79.9. The van der Waals surface area contributed by atoms with Crippen LogP contribution in [-0.2, 0) is 9.59 Å². The SMILES string of the molecule is O=C(CBr)C1CCCCC1NC(=O)C(F)(F)F. The van der Waals surface area contributed by atoms with E-state index in [1.807, 2.05) is 5.32 Å². The van der Waals surface area contributed by atoms with Crippen LogP contribution in [-0.4, -0.2) is 29.2 Å². The summed E-state index contributed by atoms with van der Waals surface area (Å²) in [6.07, 6.45) is -2.39. The molecular weight excluding hydrogens is 303 g/mol. The summed E-state index contributed by atoms with van der Waals surface area (Å²) in [5.74, 6) is -2.62. The Kier molecular flexibility index (Phi) is 4.97. The number of halogens is 4. The molecule has 17 heavy (non-hydrogen) atoms. The first-order valence-electron chi connectivity index (χ1n) is 5.32. The van der Waals surface area contributed by atoms with E-state index in [1.165, 1.54) is 0 Å². The Morgan fingerprint density at radius 3 is 2.35 bits per heavy atom. The average molecular weight is 316 g/mol. The van der Waals surface area contributed by atoms with E-state index < -0.39 is 24.0 Å². The van der Waals surface area contributed by atoms with Crippen LogP contribution in [0.25, 0.3) is 0 Å². The fourth-order valence-corrected chi connectivity index (χ4v) is 2.45. The normalized spacial score (nSPS) is 25.4. The lowest BCUT2D eigenvalue weighted by molar-refractivity contribution is -0.175. The minimum absolute atomic E-state index is 0.107. The van der Waals surface area contributed by atoms with E-state index >= 15 is 0 Å². The lowest BCUT2D eigenvalue weighted by atomic mass is 9.82. The molecule has 0 heterocycles. The molecule has 2 atom stereocenters. The molecule has 0 bridgehead atoms. The predicted octanol–water partition coefficient (Wildman–Crippen LogP) is 2.19. The van der Waals surface area contributed by atoms with Crippen LogP contribution >= 0.6 is 15.9 Å². The van der Waals surface area contributed by atoms with Crippen LogP contribution < -0.4 is 5.32 Å². The van der Waals surface area contributed by atoms with E-state index in [0.29, 0.717) is 12.8 Å². The second-order valence-electron chi connectivity index (χ2n) is 4.07. The highest BCUT2D eigenvalue weighted by Gasteiger charge is 2.42. The second-order valence-corrected chi connectivity index (χ2v) is 4.63. The van der Waals surface area contributed by atoms with Gasteiger partial charge in [-0.2, -0.15) is 13.2 Å². The van der Waals surface area contributed by atoms with Crippen molar-refractivity contribution in [2.75, 3.05) is 5.33 Å². The zero-order valence-corrected chi connectivity index (χ0v) is 10.6. The first-order chi connectivity index (χ1) is 7.86. The van der Waals surface area contributed by atoms with E-state index in [1.54, 1.807) is 0 Å². The Morgan fingerprint density at radius 2 is 1.82 bits per heavy atom. The number of Topliss-reactive ketones (excluding diaryl/α,β-unsaturated/α-hetero) is 1. The molecule has 0 aromatic carbocycles. The van der Waals surface area contributed by atoms with Crippen molar-refractivity contribution in [1.29, 1.82) is 0 Å². The number of carbonyl (C=O) groups excluding carboxylic acids is 2. The van der Waals surface area contributed by atoms with Crippen LogP contribution in [0.4, 0.5) is 13.2 Å². The van der Waals surface area contributed by atoms with Crippen molar-refractivity contribution in [2.45, 2.75) is 37.9 Å². The largest absolute Gasteiger partial charge is 0.471 e. The van der Waals surface area contributed by atoms with Crippen LogP contribution in [0.5, 0.6) is 0 Å². The van der Waals surface area contributed by atoms with Crippen molar-refractivity contribution >= 4 is 27.6 Å². The molecule has 0 spiro atoms. The van der Waals surface area contributed by atoms with Crippen molar-refractivity contribution in [3.05, 3.63) is 0 Å². The van der Waals surface area contributed by atoms with Gasteiger partial charge in [-0.3, -0.25) is 9.59 Å². The van der Waals surface area contributed by atoms with Gasteiger partial charge in [-0.15, -0.1) is 0 Å². The van der Waals surface area contributed by atoms with Gasteiger partial charge in [0.15, 0.2) is 0 Å². The molecule has 0 aromatic rings. The summed E-state index contributed by atoms with van der Waals surface area (Å²) in [6, 6.07) is -0.692. The number of hydrogen-bond acceptors (Lipinski definition) is 2. The molecule has 1 aliphatic rings. The van der Waals surface area contributed by atoms with Gasteiger partial charge in [0.1, 0.15) is 5.78 Å². The lowest BCUT2D eigenvalue weighted by Crippen LogP contribution is -2.49. The van der Waals surface area contributed by atoms with Crippen LogP contribution in [0.3, 0.4) is 0 Å². The molecule has 2 unspecified atom stereocenters. The minimum Gasteiger partial charge on any atom is -0.345 e. The van der Waals surface area contributed by atoms with E-state index in [0.717, 1.165) is 12.8 Å². The maximum Gasteiger partial charge on any atom is 0.471 e. The highest BCUT2D eigenvalue weighted by Crippen LogP contribution is 2.27. The Bertz CT molecular complexity index is 306. The summed E-state index contributed by atoms with van der Waals surface area (Å²) in [4.78, 5) is 22.4. The van der Waals surface area contributed by atoms with Gasteiger partial charge >= 0.3 is 12.1 Å². The van der Waals surface area contributed by atoms with E-state index in [2.05, 4.69) is 15.9 Å². The number of amides is 1. The van der Waals surface area contributed by atoms with Crippen LogP contribution in [0.15, 0.2) is 0 Å². The number of hydrogen-bond donors (Lipinski definition) is 1. The smallest absolute Gasteiger partial charge is 0.345 e. The summed E-state index contributed by atoms with van der Waals surface area (Å²) >= 11 is 3.00. The molecule has 0 aliphatic heterocycles. The van der Waals surface area contributed by atoms with Crippen LogP contribution in [0, 0.1) is 5.92 Å². The van der Waals surface area contributed by atoms with Crippen molar-refractivity contribution in [3.63, 3.8) is 0 Å². The molecule has 1 amide bonds. The fraction of sp³-hybridized carbons (Fsp3) is 0.800. The van der Waals surface area contributed by atoms with Gasteiger partial charge in [0.25, 0.3) is 0 Å². The maximum absolute atomic E-state index is 12.1. The number of ketones is 1. The Hall–Kier alpha value is -0.590. The highest BCUT2D eigenvalue weighted by molar-refractivity contribution is 9.09. The summed E-state index contributed by atoms with van der Waals surface area (Å²) in [7, 11) is 0. The van der Waals surface area contributed by atoms with Gasteiger partial charge in [0.2, 0.25) is 0 Å². The summed E-state index contributed by atoms with van der Waals surface area (Å²) < 4.78 is 36.3. The molecule has 1 saturated carbocycles. The third-order valence-electron chi connectivity index (χ3n) is 2.89. The standard InChI is InChI=1S/C10H13BrF3NO2/c11-5-8(16)6-3-1-2-4-7(6)15-9(17)10(12,13)14/h6-7H,1-5H2,(H,15,17). The van der Waals surface area contributed by atoms with Crippen molar-refractivity contribution < 1.29 is 22.8 Å². The van der Waals surface area contributed by atoms with Crippen molar-refractivity contribution in [1.82, 2.24) is 5.32 Å². The van der Waals surface area contributed by atoms with Gasteiger partial charge in [-0.25, -0.2) is 0 Å². The van der Waals surface area contributed by atoms with Crippen molar-refractivity contribution in [3.8, 4) is 0 Å². The van der Waals surface area contributed by atoms with E-state index in [4.69, 9.17) is 0 Å². The molecular formula is C10H13BrF3NO2. The third kappa shape index (κ3) is 3.97. The molecule has 0 aromatic heterocycles. The Morgan fingerprint density at radius 1 is 1.24 bits per heavy atom. The van der Waals surface area contributed by atoms with Gasteiger partial charge < -0.3 is 5.32 Å². The van der Waals surface area contributed by atoms with Gasteiger partial charge in [-0.05, 0) is 12.8 Å². The zero-order chi connectivity index (χ0) is 13.1. The number of rotatable bonds is 3. The molecule has 1 rings (SSSR count). The maximum atomic E-state index is 12.1. The Labute approximate surface area is 105 Å². The molecule has 1 fully saturated rings. The molecule has 3 nitrogen and oxygen atoms in total. The van der Waals surface area contributed by atoms with Gasteiger partial charge in [0, 0.05) is 12.0 Å². The van der Waals surface area contributed by atoms with Crippen LogP contribution in [0.2, 0.25) is 0 Å². The summed E-state index contributed by atoms with van der Waals surface area (Å²) in [5.41, 5.74) is 0. The molecule has 1 N–H and O–H groups in total. The van der Waals surface area contributed by atoms with E-state index in [9.17, 15) is 22.8 Å². The number of alkyl halides is 4. The molecule has 98 valence electrons. The fourth-order valence-electron chi connectivity index (χ4n) is 2.04. The van der Waals surface area contributed by atoms with Gasteiger partial charge in [-0.1, -0.05) is 28.8 Å². The zero-order valence-electron chi connectivity index (χ0n) is 9.02. The first kappa shape index (κ1) is 14.5. The van der Waals surface area contributed by atoms with Crippen molar-refractivity contribution in [2.24, 2.45) is 5.92 Å². The topological polar surface area (TPSA) is 46.2 Å². The summed E-state index contributed by atoms with van der Waals surface area (Å²) in [5, 5.41) is 2.03. The predicted molar refractivity (Wildman–Crippen MR) is 58.7 cm³/mol. The Balaban J connectivity index is 2.66. The first-order valence-corrected chi connectivity index (χ1v) is 6.44. The van der Waals surface area contributed by atoms with Gasteiger partial charge in [0.05, 0.1) is 5.33 Å². The molecule has 0 saturated heterocycles. The van der Waals surface area contributed by atoms with Crippen LogP contribution in [0.1, 0.15) is 25.7 Å². The number of nitrogens with one attached hydrogen (secondary N) is 1. The monoisotopic (exact) mass is 315 g/mol. The average Bonchev–Trinajstić information content (AvgIpc) is 2.27. The molecule has 7 heteroatoms. The molecule has 0 radical (unpaired) electrons.